The lowest BCUT2D eigenvalue weighted by molar-refractivity contribution is 0.263. The first-order chi connectivity index (χ1) is 12.1. The Bertz CT molecular complexity index is 353. The molecule has 156 valence electrons. The lowest BCUT2D eigenvalue weighted by Crippen LogP contribution is -2.13. The van der Waals surface area contributed by atoms with E-state index in [1.165, 1.54) is 24.8 Å². The van der Waals surface area contributed by atoms with E-state index in [9.17, 15) is 0 Å². The van der Waals surface area contributed by atoms with Gasteiger partial charge in [0.2, 0.25) is 0 Å². The summed E-state index contributed by atoms with van der Waals surface area (Å²) < 4.78 is 0. The summed E-state index contributed by atoms with van der Waals surface area (Å²) in [7, 11) is 0. The molecular formula is C26H52. The van der Waals surface area contributed by atoms with E-state index in [1.54, 1.807) is 0 Å². The summed E-state index contributed by atoms with van der Waals surface area (Å²) >= 11 is 0. The summed E-state index contributed by atoms with van der Waals surface area (Å²) in [6, 6.07) is 10.5. The molecule has 0 heterocycles. The maximum Gasteiger partial charge on any atom is -0.0307 e. The number of hydrogen-bond donors (Lipinski definition) is 0. The fraction of sp³-hybridized carbons (Fsp3) is 0.769. The van der Waals surface area contributed by atoms with Gasteiger partial charge in [0, 0.05) is 0 Å². The Labute approximate surface area is 168 Å². The Hall–Kier alpha value is -0.780. The van der Waals surface area contributed by atoms with Crippen molar-refractivity contribution in [3.8, 4) is 0 Å². The van der Waals surface area contributed by atoms with Crippen LogP contribution in [0.4, 0.5) is 0 Å². The van der Waals surface area contributed by atoms with E-state index in [0.717, 1.165) is 24.2 Å². The minimum atomic E-state index is 0.565. The van der Waals surface area contributed by atoms with Gasteiger partial charge in [-0.25, -0.2) is 0 Å². The Morgan fingerprint density at radius 3 is 1.42 bits per heavy atom. The summed E-state index contributed by atoms with van der Waals surface area (Å²) in [4.78, 5) is 0. The zero-order valence-corrected chi connectivity index (χ0v) is 20.4. The smallest absolute Gasteiger partial charge is 0.0307 e. The molecule has 0 heteroatoms. The first kappa shape index (κ1) is 30.0. The van der Waals surface area contributed by atoms with Crippen LogP contribution in [0.25, 0.3) is 0 Å². The molecule has 26 heavy (non-hydrogen) atoms. The summed E-state index contributed by atoms with van der Waals surface area (Å²) in [6.07, 6.45) is 5.14. The van der Waals surface area contributed by atoms with Gasteiger partial charge in [-0.3, -0.25) is 0 Å². The third-order valence-electron chi connectivity index (χ3n) is 5.14. The van der Waals surface area contributed by atoms with Crippen molar-refractivity contribution >= 4 is 0 Å². The Balaban J connectivity index is -0.000000299. The highest BCUT2D eigenvalue weighted by Gasteiger charge is 2.17. The number of benzene rings is 1. The van der Waals surface area contributed by atoms with Gasteiger partial charge in [-0.05, 0) is 41.6 Å². The SMILES string of the molecule is CC.CC(C)C(C)C.CCC(C)CC(C)(C)CC.CCc1ccccc1. The lowest BCUT2D eigenvalue weighted by Gasteiger charge is -2.25. The van der Waals surface area contributed by atoms with Gasteiger partial charge in [-0.2, -0.15) is 0 Å². The molecule has 0 aromatic heterocycles. The monoisotopic (exact) mass is 364 g/mol. The Kier molecular flexibility index (Phi) is 21.9. The molecule has 1 unspecified atom stereocenters. The molecule has 1 aromatic rings. The Morgan fingerprint density at radius 2 is 1.19 bits per heavy atom. The van der Waals surface area contributed by atoms with E-state index in [-0.39, 0.29) is 0 Å². The molecule has 0 aliphatic heterocycles. The second kappa shape index (κ2) is 19.0. The van der Waals surface area contributed by atoms with E-state index in [0.29, 0.717) is 5.41 Å². The van der Waals surface area contributed by atoms with Crippen molar-refractivity contribution in [1.82, 2.24) is 0 Å². The van der Waals surface area contributed by atoms with Crippen LogP contribution >= 0.6 is 0 Å². The molecule has 0 aliphatic carbocycles. The van der Waals surface area contributed by atoms with Crippen LogP contribution in [0.15, 0.2) is 30.3 Å². The third kappa shape index (κ3) is 21.3. The van der Waals surface area contributed by atoms with Crippen molar-refractivity contribution in [3.63, 3.8) is 0 Å². The summed E-state index contributed by atoms with van der Waals surface area (Å²) in [6.45, 7) is 26.7. The van der Waals surface area contributed by atoms with Crippen LogP contribution in [0.5, 0.6) is 0 Å². The van der Waals surface area contributed by atoms with Gasteiger partial charge in [0.15, 0.2) is 0 Å². The van der Waals surface area contributed by atoms with E-state index in [4.69, 9.17) is 0 Å². The average Bonchev–Trinajstić information content (AvgIpc) is 2.64. The van der Waals surface area contributed by atoms with E-state index >= 15 is 0 Å². The van der Waals surface area contributed by atoms with Crippen LogP contribution in [0.2, 0.25) is 0 Å². The molecule has 0 bridgehead atoms. The van der Waals surface area contributed by atoms with Crippen LogP contribution in [0.1, 0.15) is 108 Å². The quantitative estimate of drug-likeness (QED) is 0.471. The summed E-state index contributed by atoms with van der Waals surface area (Å²) in [5.41, 5.74) is 1.97. The van der Waals surface area contributed by atoms with Gasteiger partial charge in [-0.15, -0.1) is 0 Å². The Morgan fingerprint density at radius 1 is 0.769 bits per heavy atom. The molecule has 0 N–H and O–H groups in total. The van der Waals surface area contributed by atoms with Gasteiger partial charge in [0.05, 0.1) is 0 Å². The molecule has 0 radical (unpaired) electrons. The standard InChI is InChI=1S/C10H22.C8H10.C6H14.C2H6/c1-6-9(3)8-10(4,5)7-2;1-2-8-6-4-3-5-7-8;1-5(2)6(3)4;1-2/h9H,6-8H2,1-5H3;3-7H,2H2,1H3;5-6H,1-4H3;1-2H3. The predicted molar refractivity (Wildman–Crippen MR) is 125 cm³/mol. The topological polar surface area (TPSA) is 0 Å². The van der Waals surface area contributed by atoms with Crippen LogP contribution in [-0.2, 0) is 6.42 Å². The lowest BCUT2D eigenvalue weighted by atomic mass is 9.80. The molecule has 1 rings (SSSR count). The highest BCUT2D eigenvalue weighted by atomic mass is 14.2. The zero-order chi connectivity index (χ0) is 21.2. The maximum atomic E-state index is 2.36. The first-order valence-corrected chi connectivity index (χ1v) is 11.1. The normalized spacial score (nSPS) is 11.5. The molecule has 0 fully saturated rings. The minimum Gasteiger partial charge on any atom is -0.0683 e. The van der Waals surface area contributed by atoms with Crippen molar-refractivity contribution in [1.29, 1.82) is 0 Å². The van der Waals surface area contributed by atoms with Crippen LogP contribution in [-0.4, -0.2) is 0 Å². The maximum absolute atomic E-state index is 2.36. The van der Waals surface area contributed by atoms with E-state index in [2.05, 4.69) is 93.5 Å². The average molecular weight is 365 g/mol. The predicted octanol–water partition coefficient (Wildman–Crippen LogP) is 9.43. The minimum absolute atomic E-state index is 0.565. The fourth-order valence-electron chi connectivity index (χ4n) is 1.95. The molecule has 0 aliphatic rings. The van der Waals surface area contributed by atoms with E-state index < -0.39 is 0 Å². The summed E-state index contributed by atoms with van der Waals surface area (Å²) in [5.74, 6) is 2.60. The fourth-order valence-corrected chi connectivity index (χ4v) is 1.95. The van der Waals surface area contributed by atoms with Gasteiger partial charge in [0.1, 0.15) is 0 Å². The van der Waals surface area contributed by atoms with Crippen molar-refractivity contribution in [3.05, 3.63) is 35.9 Å². The molecule has 0 nitrogen and oxygen atoms in total. The largest absolute Gasteiger partial charge is 0.0683 e. The van der Waals surface area contributed by atoms with Crippen LogP contribution < -0.4 is 0 Å². The first-order valence-electron chi connectivity index (χ1n) is 11.1. The molecule has 1 atom stereocenters. The van der Waals surface area contributed by atoms with Crippen LogP contribution in [0.3, 0.4) is 0 Å². The molecule has 0 amide bonds. The van der Waals surface area contributed by atoms with E-state index in [1.807, 2.05) is 19.9 Å². The number of rotatable bonds is 6. The third-order valence-corrected chi connectivity index (χ3v) is 5.14. The molecule has 1 aromatic carbocycles. The number of aryl methyl sites for hydroxylation is 1. The van der Waals surface area contributed by atoms with Crippen molar-refractivity contribution in [2.45, 2.75) is 109 Å². The molecule has 0 saturated carbocycles. The van der Waals surface area contributed by atoms with Gasteiger partial charge >= 0.3 is 0 Å². The molecule has 0 spiro atoms. The molecular weight excluding hydrogens is 312 g/mol. The van der Waals surface area contributed by atoms with Crippen molar-refractivity contribution < 1.29 is 0 Å². The highest BCUT2D eigenvalue weighted by molar-refractivity contribution is 5.13. The van der Waals surface area contributed by atoms with Crippen LogP contribution in [0, 0.1) is 23.2 Å². The van der Waals surface area contributed by atoms with Gasteiger partial charge in [0.25, 0.3) is 0 Å². The van der Waals surface area contributed by atoms with Crippen molar-refractivity contribution in [2.24, 2.45) is 23.2 Å². The second-order valence-electron chi connectivity index (χ2n) is 8.56. The highest BCUT2D eigenvalue weighted by Crippen LogP contribution is 2.29. The zero-order valence-electron chi connectivity index (χ0n) is 20.4. The number of hydrogen-bond acceptors (Lipinski definition) is 0. The van der Waals surface area contributed by atoms with Gasteiger partial charge in [-0.1, -0.05) is 126 Å². The molecule has 0 saturated heterocycles. The van der Waals surface area contributed by atoms with Crippen molar-refractivity contribution in [2.75, 3.05) is 0 Å². The van der Waals surface area contributed by atoms with Gasteiger partial charge < -0.3 is 0 Å². The summed E-state index contributed by atoms with van der Waals surface area (Å²) in [5, 5.41) is 0. The second-order valence-corrected chi connectivity index (χ2v) is 8.56.